The molecule has 1 aliphatic rings. The second kappa shape index (κ2) is 9.52. The molecule has 1 unspecified atom stereocenters. The number of carbonyl (C=O) groups excluding carboxylic acids is 1. The standard InChI is InChI=1S/C19H22FN3O2.ClH/c1-25-18-9-5-2-6-14(18)17-12-21-10-11-23(17)13-19(24)22-16-8-4-3-7-15(16)20;/h2-9,17,21H,10-13H2,1H3,(H,22,24);1H. The number of halogens is 2. The number of anilines is 1. The third-order valence-corrected chi connectivity index (χ3v) is 4.35. The molecule has 0 bridgehead atoms. The van der Waals surface area contributed by atoms with Gasteiger partial charge in [0.2, 0.25) is 5.91 Å². The molecular weight excluding hydrogens is 357 g/mol. The van der Waals surface area contributed by atoms with E-state index in [1.54, 1.807) is 25.3 Å². The molecule has 1 saturated heterocycles. The van der Waals surface area contributed by atoms with E-state index >= 15 is 0 Å². The number of carbonyl (C=O) groups is 1. The number of hydrogen-bond acceptors (Lipinski definition) is 4. The van der Waals surface area contributed by atoms with Gasteiger partial charge in [-0.05, 0) is 18.2 Å². The van der Waals surface area contributed by atoms with Crippen molar-refractivity contribution in [2.45, 2.75) is 6.04 Å². The summed E-state index contributed by atoms with van der Waals surface area (Å²) in [7, 11) is 1.64. The van der Waals surface area contributed by atoms with Crippen molar-refractivity contribution in [3.05, 3.63) is 59.9 Å². The molecule has 26 heavy (non-hydrogen) atoms. The molecule has 0 spiro atoms. The zero-order valence-electron chi connectivity index (χ0n) is 14.6. The third kappa shape index (κ3) is 4.72. The minimum Gasteiger partial charge on any atom is -0.496 e. The number of ether oxygens (including phenoxy) is 1. The molecule has 0 saturated carbocycles. The van der Waals surface area contributed by atoms with Crippen LogP contribution in [-0.2, 0) is 4.79 Å². The van der Waals surface area contributed by atoms with Crippen LogP contribution in [0.25, 0.3) is 0 Å². The molecule has 2 aromatic rings. The maximum absolute atomic E-state index is 13.7. The number of nitrogens with one attached hydrogen (secondary N) is 2. The van der Waals surface area contributed by atoms with Gasteiger partial charge >= 0.3 is 0 Å². The molecule has 5 nitrogen and oxygen atoms in total. The van der Waals surface area contributed by atoms with E-state index in [1.165, 1.54) is 6.07 Å². The van der Waals surface area contributed by atoms with E-state index in [0.29, 0.717) is 0 Å². The highest BCUT2D eigenvalue weighted by atomic mass is 35.5. The van der Waals surface area contributed by atoms with Crippen LogP contribution >= 0.6 is 12.4 Å². The van der Waals surface area contributed by atoms with Crippen molar-refractivity contribution < 1.29 is 13.9 Å². The van der Waals surface area contributed by atoms with Crippen LogP contribution in [0, 0.1) is 5.82 Å². The second-order valence-corrected chi connectivity index (χ2v) is 5.96. The smallest absolute Gasteiger partial charge is 0.238 e. The van der Waals surface area contributed by atoms with E-state index in [9.17, 15) is 9.18 Å². The summed E-state index contributed by atoms with van der Waals surface area (Å²) in [5.41, 5.74) is 1.24. The van der Waals surface area contributed by atoms with E-state index in [4.69, 9.17) is 4.74 Å². The lowest BCUT2D eigenvalue weighted by Crippen LogP contribution is -2.48. The van der Waals surface area contributed by atoms with Gasteiger partial charge in [-0.25, -0.2) is 4.39 Å². The fourth-order valence-corrected chi connectivity index (χ4v) is 3.12. The minimum atomic E-state index is -0.433. The summed E-state index contributed by atoms with van der Waals surface area (Å²) in [6.45, 7) is 2.46. The van der Waals surface area contributed by atoms with Crippen molar-refractivity contribution in [3.8, 4) is 5.75 Å². The van der Waals surface area contributed by atoms with Gasteiger partial charge in [0.1, 0.15) is 11.6 Å². The van der Waals surface area contributed by atoms with Crippen molar-refractivity contribution >= 4 is 24.0 Å². The Morgan fingerprint density at radius 1 is 1.27 bits per heavy atom. The highest BCUT2D eigenvalue weighted by molar-refractivity contribution is 5.92. The van der Waals surface area contributed by atoms with E-state index in [-0.39, 0.29) is 36.6 Å². The normalized spacial score (nSPS) is 17.2. The van der Waals surface area contributed by atoms with Gasteiger partial charge in [0.15, 0.2) is 0 Å². The molecule has 1 atom stereocenters. The molecule has 1 heterocycles. The Morgan fingerprint density at radius 2 is 2.00 bits per heavy atom. The molecule has 1 amide bonds. The first-order chi connectivity index (χ1) is 12.2. The number of benzene rings is 2. The van der Waals surface area contributed by atoms with Crippen LogP contribution in [0.3, 0.4) is 0 Å². The fraction of sp³-hybridized carbons (Fsp3) is 0.316. The lowest BCUT2D eigenvalue weighted by atomic mass is 10.0. The maximum Gasteiger partial charge on any atom is 0.238 e. The first-order valence-electron chi connectivity index (χ1n) is 8.31. The van der Waals surface area contributed by atoms with Crippen molar-refractivity contribution in [3.63, 3.8) is 0 Å². The third-order valence-electron chi connectivity index (χ3n) is 4.35. The summed E-state index contributed by atoms with van der Waals surface area (Å²) < 4.78 is 19.2. The van der Waals surface area contributed by atoms with Gasteiger partial charge in [0.25, 0.3) is 0 Å². The predicted molar refractivity (Wildman–Crippen MR) is 102 cm³/mol. The second-order valence-electron chi connectivity index (χ2n) is 5.96. The monoisotopic (exact) mass is 379 g/mol. The molecule has 2 aromatic carbocycles. The first-order valence-corrected chi connectivity index (χ1v) is 8.31. The number of methoxy groups -OCH3 is 1. The van der Waals surface area contributed by atoms with E-state index in [0.717, 1.165) is 30.9 Å². The lowest BCUT2D eigenvalue weighted by Gasteiger charge is -2.36. The van der Waals surface area contributed by atoms with Crippen LogP contribution < -0.4 is 15.4 Å². The Labute approximate surface area is 158 Å². The van der Waals surface area contributed by atoms with Crippen LogP contribution in [0.2, 0.25) is 0 Å². The molecule has 3 rings (SSSR count). The molecule has 1 aliphatic heterocycles. The number of nitrogens with zero attached hydrogens (tertiary/aromatic N) is 1. The summed E-state index contributed by atoms with van der Waals surface area (Å²) in [5, 5.41) is 6.01. The molecular formula is C19H23ClFN3O2. The van der Waals surface area contributed by atoms with E-state index in [1.807, 2.05) is 24.3 Å². The van der Waals surface area contributed by atoms with Gasteiger partial charge in [-0.1, -0.05) is 30.3 Å². The van der Waals surface area contributed by atoms with Crippen LogP contribution in [-0.4, -0.2) is 44.1 Å². The molecule has 140 valence electrons. The van der Waals surface area contributed by atoms with Gasteiger partial charge in [-0.2, -0.15) is 0 Å². The Kier molecular flexibility index (Phi) is 7.38. The van der Waals surface area contributed by atoms with E-state index in [2.05, 4.69) is 15.5 Å². The summed E-state index contributed by atoms with van der Waals surface area (Å²) in [6.07, 6.45) is 0. The topological polar surface area (TPSA) is 53.6 Å². The summed E-state index contributed by atoms with van der Waals surface area (Å²) >= 11 is 0. The Balaban J connectivity index is 0.00000243. The Morgan fingerprint density at radius 3 is 2.77 bits per heavy atom. The van der Waals surface area contributed by atoms with Gasteiger partial charge in [0.05, 0.1) is 25.4 Å². The first kappa shape index (κ1) is 20.2. The number of piperazine rings is 1. The molecule has 7 heteroatoms. The van der Waals surface area contributed by atoms with Gasteiger partial charge in [0, 0.05) is 25.2 Å². The zero-order chi connectivity index (χ0) is 17.6. The fourth-order valence-electron chi connectivity index (χ4n) is 3.12. The predicted octanol–water partition coefficient (Wildman–Crippen LogP) is 2.84. The highest BCUT2D eigenvalue weighted by Gasteiger charge is 2.27. The van der Waals surface area contributed by atoms with Gasteiger partial charge in [-0.3, -0.25) is 9.69 Å². The summed E-state index contributed by atoms with van der Waals surface area (Å²) in [6, 6.07) is 14.0. The van der Waals surface area contributed by atoms with Crippen molar-refractivity contribution in [1.82, 2.24) is 10.2 Å². The largest absolute Gasteiger partial charge is 0.496 e. The van der Waals surface area contributed by atoms with Crippen molar-refractivity contribution in [2.24, 2.45) is 0 Å². The number of rotatable bonds is 5. The summed E-state index contributed by atoms with van der Waals surface area (Å²) in [4.78, 5) is 14.5. The van der Waals surface area contributed by atoms with Crippen LogP contribution in [0.1, 0.15) is 11.6 Å². The highest BCUT2D eigenvalue weighted by Crippen LogP contribution is 2.30. The van der Waals surface area contributed by atoms with Crippen LogP contribution in [0.15, 0.2) is 48.5 Å². The molecule has 0 radical (unpaired) electrons. The Hall–Kier alpha value is -2.15. The molecule has 2 N–H and O–H groups in total. The SMILES string of the molecule is COc1ccccc1C1CNCCN1CC(=O)Nc1ccccc1F.Cl. The number of amides is 1. The van der Waals surface area contributed by atoms with E-state index < -0.39 is 5.82 Å². The van der Waals surface area contributed by atoms with Crippen molar-refractivity contribution in [1.29, 1.82) is 0 Å². The molecule has 0 aromatic heterocycles. The average molecular weight is 380 g/mol. The van der Waals surface area contributed by atoms with Crippen molar-refractivity contribution in [2.75, 3.05) is 38.6 Å². The number of hydrogen-bond donors (Lipinski definition) is 2. The quantitative estimate of drug-likeness (QED) is 0.838. The minimum absolute atomic E-state index is 0. The van der Waals surface area contributed by atoms with Crippen LogP contribution in [0.4, 0.5) is 10.1 Å². The van der Waals surface area contributed by atoms with Crippen LogP contribution in [0.5, 0.6) is 5.75 Å². The number of para-hydroxylation sites is 2. The van der Waals surface area contributed by atoms with Gasteiger partial charge < -0.3 is 15.4 Å². The Bertz CT molecular complexity index is 744. The lowest BCUT2D eigenvalue weighted by molar-refractivity contribution is -0.118. The average Bonchev–Trinajstić information content (AvgIpc) is 2.64. The van der Waals surface area contributed by atoms with Gasteiger partial charge in [-0.15, -0.1) is 12.4 Å². The molecule has 1 fully saturated rings. The maximum atomic E-state index is 13.7. The summed E-state index contributed by atoms with van der Waals surface area (Å²) in [5.74, 6) is 0.139. The molecule has 0 aliphatic carbocycles. The zero-order valence-corrected chi connectivity index (χ0v) is 15.4.